The van der Waals surface area contributed by atoms with E-state index in [2.05, 4.69) is 9.72 Å². The minimum Gasteiger partial charge on any atom is -0.465 e. The van der Waals surface area contributed by atoms with Crippen LogP contribution in [0.5, 0.6) is 0 Å². The molecule has 3 atom stereocenters. The largest absolute Gasteiger partial charge is 0.465 e. The van der Waals surface area contributed by atoms with Gasteiger partial charge in [0, 0.05) is 0 Å². The number of nitrogens with zero attached hydrogens (tertiary/aromatic N) is 2. The summed E-state index contributed by atoms with van der Waals surface area (Å²) in [6.45, 7) is -0.948. The van der Waals surface area contributed by atoms with Crippen molar-refractivity contribution in [2.45, 2.75) is 24.4 Å². The lowest BCUT2D eigenvalue weighted by Crippen LogP contribution is -2.42. The molecular formula is C10H10F3N3O6. The number of aliphatic hydroxyl groups is 2. The van der Waals surface area contributed by atoms with E-state index < -0.39 is 54.4 Å². The summed E-state index contributed by atoms with van der Waals surface area (Å²) in [5.74, 6) is -6.36. The second-order valence-electron chi connectivity index (χ2n) is 4.39. The monoisotopic (exact) mass is 325 g/mol. The van der Waals surface area contributed by atoms with Crippen LogP contribution in [0.4, 0.5) is 23.8 Å². The quantitative estimate of drug-likeness (QED) is 0.580. The number of hydrogen-bond acceptors (Lipinski definition) is 6. The number of carbonyl (C=O) groups is 1. The van der Waals surface area contributed by atoms with Gasteiger partial charge in [0.15, 0.2) is 17.7 Å². The van der Waals surface area contributed by atoms with Crippen LogP contribution in [0.3, 0.4) is 0 Å². The van der Waals surface area contributed by atoms with Crippen LogP contribution in [0.1, 0.15) is 6.23 Å². The molecule has 9 nitrogen and oxygen atoms in total. The molecule has 122 valence electrons. The predicted octanol–water partition coefficient (Wildman–Crippen LogP) is -0.642. The molecule has 0 radical (unpaired) electrons. The number of halogens is 3. The van der Waals surface area contributed by atoms with Crippen molar-refractivity contribution in [1.29, 1.82) is 0 Å². The van der Waals surface area contributed by atoms with Crippen molar-refractivity contribution < 1.29 is 38.0 Å². The second-order valence-corrected chi connectivity index (χ2v) is 4.39. The van der Waals surface area contributed by atoms with Crippen LogP contribution in [0.15, 0.2) is 11.0 Å². The Kier molecular flexibility index (Phi) is 4.08. The first-order chi connectivity index (χ1) is 10.2. The lowest BCUT2D eigenvalue weighted by Gasteiger charge is -2.21. The van der Waals surface area contributed by atoms with Crippen LogP contribution < -0.4 is 11.0 Å². The molecule has 1 aromatic heterocycles. The average molecular weight is 325 g/mol. The van der Waals surface area contributed by atoms with E-state index in [1.54, 1.807) is 0 Å². The Morgan fingerprint density at radius 1 is 1.55 bits per heavy atom. The van der Waals surface area contributed by atoms with E-state index in [0.717, 1.165) is 0 Å². The van der Waals surface area contributed by atoms with Crippen molar-refractivity contribution in [3.63, 3.8) is 0 Å². The molecular weight excluding hydrogens is 315 g/mol. The number of aliphatic hydroxyl groups excluding tert-OH is 2. The highest BCUT2D eigenvalue weighted by Crippen LogP contribution is 2.42. The Bertz CT molecular complexity index is 651. The van der Waals surface area contributed by atoms with Gasteiger partial charge in [-0.15, -0.1) is 0 Å². The molecule has 1 aliphatic heterocycles. The minimum atomic E-state index is -3.99. The molecule has 1 fully saturated rings. The van der Waals surface area contributed by atoms with Gasteiger partial charge in [0.25, 0.3) is 0 Å². The van der Waals surface area contributed by atoms with E-state index >= 15 is 0 Å². The summed E-state index contributed by atoms with van der Waals surface area (Å²) < 4.78 is 46.0. The van der Waals surface area contributed by atoms with E-state index in [-0.39, 0.29) is 10.8 Å². The zero-order valence-corrected chi connectivity index (χ0v) is 10.6. The molecule has 22 heavy (non-hydrogen) atoms. The van der Waals surface area contributed by atoms with Gasteiger partial charge < -0.3 is 20.1 Å². The summed E-state index contributed by atoms with van der Waals surface area (Å²) in [5, 5.41) is 28.1. The molecule has 2 rings (SSSR count). The zero-order chi connectivity index (χ0) is 16.7. The third-order valence-electron chi connectivity index (χ3n) is 2.94. The van der Waals surface area contributed by atoms with E-state index in [9.17, 15) is 27.9 Å². The third kappa shape index (κ3) is 2.63. The van der Waals surface area contributed by atoms with Crippen molar-refractivity contribution in [3.05, 3.63) is 22.5 Å². The Morgan fingerprint density at radius 2 is 2.18 bits per heavy atom. The molecule has 1 saturated heterocycles. The number of rotatable bonds is 3. The van der Waals surface area contributed by atoms with Gasteiger partial charge in [0.1, 0.15) is 6.10 Å². The van der Waals surface area contributed by atoms with Crippen LogP contribution in [0.2, 0.25) is 0 Å². The third-order valence-corrected chi connectivity index (χ3v) is 2.94. The van der Waals surface area contributed by atoms with Gasteiger partial charge in [-0.3, -0.25) is 9.88 Å². The fourth-order valence-corrected chi connectivity index (χ4v) is 1.92. The number of nitrogens with one attached hydrogen (secondary N) is 1. The summed E-state index contributed by atoms with van der Waals surface area (Å²) in [7, 11) is 0. The van der Waals surface area contributed by atoms with Crippen LogP contribution in [0, 0.1) is 5.82 Å². The maximum absolute atomic E-state index is 13.8. The molecule has 2 heterocycles. The van der Waals surface area contributed by atoms with Gasteiger partial charge in [-0.1, -0.05) is 0 Å². The lowest BCUT2D eigenvalue weighted by molar-refractivity contribution is -0.141. The van der Waals surface area contributed by atoms with Gasteiger partial charge >= 0.3 is 17.7 Å². The van der Waals surface area contributed by atoms with E-state index in [1.165, 1.54) is 5.32 Å². The molecule has 4 N–H and O–H groups in total. The molecule has 0 unspecified atom stereocenters. The zero-order valence-electron chi connectivity index (χ0n) is 10.6. The maximum atomic E-state index is 13.8. The van der Waals surface area contributed by atoms with Gasteiger partial charge in [0.2, 0.25) is 6.23 Å². The van der Waals surface area contributed by atoms with E-state index in [4.69, 9.17) is 10.2 Å². The number of carboxylic acid groups (broad SMARTS) is 1. The van der Waals surface area contributed by atoms with Gasteiger partial charge in [-0.05, 0) is 0 Å². The lowest BCUT2D eigenvalue weighted by atomic mass is 10.1. The first kappa shape index (κ1) is 16.2. The van der Waals surface area contributed by atoms with Gasteiger partial charge in [-0.2, -0.15) is 13.8 Å². The number of ether oxygens (including phenoxy) is 1. The Morgan fingerprint density at radius 3 is 2.68 bits per heavy atom. The van der Waals surface area contributed by atoms with Crippen molar-refractivity contribution in [1.82, 2.24) is 9.55 Å². The SMILES string of the molecule is O=C(O)Nc1nc(=O)n([C@@H]2O[C@H](CO)[C@@H](O)C2(F)F)cc1F. The molecule has 0 saturated carbocycles. The molecule has 0 aliphatic carbocycles. The van der Waals surface area contributed by atoms with Crippen LogP contribution in [-0.4, -0.2) is 55.7 Å². The van der Waals surface area contributed by atoms with Crippen LogP contribution >= 0.6 is 0 Å². The molecule has 1 aromatic rings. The highest BCUT2D eigenvalue weighted by atomic mass is 19.3. The Labute approximate surface area is 119 Å². The first-order valence-electron chi connectivity index (χ1n) is 5.79. The van der Waals surface area contributed by atoms with Crippen molar-refractivity contribution >= 4 is 11.9 Å². The fourth-order valence-electron chi connectivity index (χ4n) is 1.92. The molecule has 1 amide bonds. The smallest absolute Gasteiger partial charge is 0.410 e. The average Bonchev–Trinajstić information content (AvgIpc) is 2.64. The van der Waals surface area contributed by atoms with Crippen LogP contribution in [0.25, 0.3) is 0 Å². The summed E-state index contributed by atoms with van der Waals surface area (Å²) in [6.07, 6.45) is -7.91. The number of hydrogen-bond donors (Lipinski definition) is 4. The van der Waals surface area contributed by atoms with Crippen LogP contribution in [-0.2, 0) is 4.74 Å². The minimum absolute atomic E-state index is 0.0707. The van der Waals surface area contributed by atoms with Gasteiger partial charge in [0.05, 0.1) is 12.8 Å². The standard InChI is InChI=1S/C10H10F3N3O6/c11-3-1-16(8(19)14-6(3)15-9(20)21)7-10(12,13)5(18)4(2-17)22-7/h1,4-5,7,17-18H,2H2,(H,20,21)(H,14,15,19)/t4-,5-,7-/m1/s1. The fraction of sp³-hybridized carbons (Fsp3) is 0.500. The topological polar surface area (TPSA) is 134 Å². The first-order valence-corrected chi connectivity index (χ1v) is 5.79. The number of anilines is 1. The number of aromatic nitrogens is 2. The van der Waals surface area contributed by atoms with Crippen molar-refractivity contribution in [3.8, 4) is 0 Å². The molecule has 0 bridgehead atoms. The highest BCUT2D eigenvalue weighted by Gasteiger charge is 2.59. The molecule has 1 aliphatic rings. The normalized spacial score (nSPS) is 26.9. The highest BCUT2D eigenvalue weighted by molar-refractivity contribution is 5.81. The Hall–Kier alpha value is -2.18. The summed E-state index contributed by atoms with van der Waals surface area (Å²) in [6, 6.07) is 0. The van der Waals surface area contributed by atoms with E-state index in [0.29, 0.717) is 0 Å². The molecule has 12 heteroatoms. The summed E-state index contributed by atoms with van der Waals surface area (Å²) in [4.78, 5) is 25.0. The Balaban J connectivity index is 2.43. The molecule has 0 aromatic carbocycles. The van der Waals surface area contributed by atoms with Gasteiger partial charge in [-0.25, -0.2) is 14.0 Å². The summed E-state index contributed by atoms with van der Waals surface area (Å²) in [5.41, 5.74) is -1.43. The van der Waals surface area contributed by atoms with Crippen molar-refractivity contribution in [2.75, 3.05) is 11.9 Å². The number of alkyl halides is 2. The molecule has 0 spiro atoms. The predicted molar refractivity (Wildman–Crippen MR) is 62.1 cm³/mol. The number of amides is 1. The van der Waals surface area contributed by atoms with E-state index in [1.807, 2.05) is 0 Å². The van der Waals surface area contributed by atoms with Crippen molar-refractivity contribution in [2.24, 2.45) is 0 Å². The maximum Gasteiger partial charge on any atom is 0.410 e. The summed E-state index contributed by atoms with van der Waals surface area (Å²) >= 11 is 0. The second kappa shape index (κ2) is 5.55.